The molecule has 0 aliphatic rings. The van der Waals surface area contributed by atoms with Crippen molar-refractivity contribution >= 4 is 21.5 Å². The van der Waals surface area contributed by atoms with Gasteiger partial charge in [0.25, 0.3) is 0 Å². The molecule has 0 saturated carbocycles. The summed E-state index contributed by atoms with van der Waals surface area (Å²) < 4.78 is 0. The summed E-state index contributed by atoms with van der Waals surface area (Å²) in [6, 6.07) is 42.9. The van der Waals surface area contributed by atoms with E-state index in [1.807, 2.05) is 72.9 Å². The summed E-state index contributed by atoms with van der Waals surface area (Å²) >= 11 is 0. The minimum absolute atomic E-state index is 0. The standard InChI is InChI=1S/C19H12N.C11H8N.Ir/c1-2-7-15(8-3-1)19-12-18-16(13-20-19)11-10-14-6-4-5-9-17(14)18;1-2-6-10(7-3-1)11-8-4-5-9-12-11;/h1-7,9-13H;1-6,8-9H;/q2*-1;. The molecule has 1 radical (unpaired) electrons. The van der Waals surface area contributed by atoms with Gasteiger partial charge in [0, 0.05) is 32.5 Å². The second-order valence-electron chi connectivity index (χ2n) is 7.34. The maximum absolute atomic E-state index is 4.55. The predicted molar refractivity (Wildman–Crippen MR) is 132 cm³/mol. The van der Waals surface area contributed by atoms with Gasteiger partial charge in [0.15, 0.2) is 0 Å². The molecule has 161 valence electrons. The normalized spacial score (nSPS) is 10.2. The molecule has 2 nitrogen and oxygen atoms in total. The van der Waals surface area contributed by atoms with Crippen molar-refractivity contribution < 1.29 is 20.1 Å². The zero-order chi connectivity index (χ0) is 21.6. The fourth-order valence-electron chi connectivity index (χ4n) is 3.67. The molecule has 6 rings (SSSR count). The van der Waals surface area contributed by atoms with Crippen LogP contribution in [0.4, 0.5) is 0 Å². The third kappa shape index (κ3) is 5.23. The smallest absolute Gasteiger partial charge is 0.0239 e. The van der Waals surface area contributed by atoms with Crippen molar-refractivity contribution in [1.82, 2.24) is 9.97 Å². The Morgan fingerprint density at radius 1 is 0.515 bits per heavy atom. The van der Waals surface area contributed by atoms with Gasteiger partial charge < -0.3 is 9.97 Å². The summed E-state index contributed by atoms with van der Waals surface area (Å²) in [5, 5.41) is 4.94. The minimum Gasteiger partial charge on any atom is -0.305 e. The van der Waals surface area contributed by atoms with Crippen LogP contribution in [-0.2, 0) is 20.1 Å². The molecule has 0 unspecified atom stereocenters. The molecule has 33 heavy (non-hydrogen) atoms. The van der Waals surface area contributed by atoms with Crippen LogP contribution in [0.5, 0.6) is 0 Å². The number of pyridine rings is 2. The first kappa shape index (κ1) is 22.5. The second kappa shape index (κ2) is 10.8. The summed E-state index contributed by atoms with van der Waals surface area (Å²) in [7, 11) is 0. The van der Waals surface area contributed by atoms with Gasteiger partial charge in [-0.25, -0.2) is 0 Å². The van der Waals surface area contributed by atoms with Crippen molar-refractivity contribution in [2.24, 2.45) is 0 Å². The van der Waals surface area contributed by atoms with E-state index in [1.165, 1.54) is 21.5 Å². The summed E-state index contributed by atoms with van der Waals surface area (Å²) in [5.41, 5.74) is 4.01. The molecule has 0 saturated heterocycles. The molecule has 0 fully saturated rings. The Bertz CT molecular complexity index is 1410. The van der Waals surface area contributed by atoms with Gasteiger partial charge in [0.1, 0.15) is 0 Å². The van der Waals surface area contributed by atoms with Crippen molar-refractivity contribution in [3.05, 3.63) is 134 Å². The number of nitrogens with zero attached hydrogens (tertiary/aromatic N) is 2. The van der Waals surface area contributed by atoms with Crippen LogP contribution in [0.15, 0.2) is 122 Å². The van der Waals surface area contributed by atoms with Gasteiger partial charge in [-0.3, -0.25) is 0 Å². The Labute approximate surface area is 207 Å². The maximum atomic E-state index is 4.55. The summed E-state index contributed by atoms with van der Waals surface area (Å²) in [6.45, 7) is 0. The molecule has 4 aromatic carbocycles. The quantitative estimate of drug-likeness (QED) is 0.153. The zero-order valence-corrected chi connectivity index (χ0v) is 20.2. The van der Waals surface area contributed by atoms with E-state index in [-0.39, 0.29) is 20.1 Å². The molecule has 2 aromatic heterocycles. The van der Waals surface area contributed by atoms with Gasteiger partial charge in [-0.15, -0.1) is 71.8 Å². The van der Waals surface area contributed by atoms with E-state index in [4.69, 9.17) is 0 Å². The van der Waals surface area contributed by atoms with Crippen LogP contribution in [0, 0.1) is 12.1 Å². The van der Waals surface area contributed by atoms with Gasteiger partial charge in [-0.1, -0.05) is 54.6 Å². The summed E-state index contributed by atoms with van der Waals surface area (Å²) in [6.07, 6.45) is 3.73. The van der Waals surface area contributed by atoms with Gasteiger partial charge in [-0.05, 0) is 39.0 Å². The van der Waals surface area contributed by atoms with E-state index >= 15 is 0 Å². The van der Waals surface area contributed by atoms with Crippen molar-refractivity contribution in [3.8, 4) is 22.5 Å². The van der Waals surface area contributed by atoms with E-state index in [0.717, 1.165) is 22.5 Å². The van der Waals surface area contributed by atoms with Crippen LogP contribution in [0.2, 0.25) is 0 Å². The average molecular weight is 601 g/mol. The fourth-order valence-corrected chi connectivity index (χ4v) is 3.67. The molecule has 0 atom stereocenters. The minimum atomic E-state index is 0. The first-order valence-electron chi connectivity index (χ1n) is 10.5. The fraction of sp³-hybridized carbons (Fsp3) is 0. The van der Waals surface area contributed by atoms with E-state index in [9.17, 15) is 0 Å². The Balaban J connectivity index is 0.000000172. The predicted octanol–water partition coefficient (Wildman–Crippen LogP) is 7.40. The summed E-state index contributed by atoms with van der Waals surface area (Å²) in [5.74, 6) is 0. The van der Waals surface area contributed by atoms with E-state index in [2.05, 4.69) is 64.6 Å². The van der Waals surface area contributed by atoms with Gasteiger partial charge >= 0.3 is 0 Å². The number of fused-ring (bicyclic) bond motifs is 3. The van der Waals surface area contributed by atoms with Crippen molar-refractivity contribution in [2.45, 2.75) is 0 Å². The number of rotatable bonds is 2. The van der Waals surface area contributed by atoms with E-state index in [0.29, 0.717) is 0 Å². The number of aromatic nitrogens is 2. The number of hydrogen-bond donors (Lipinski definition) is 0. The molecule has 0 spiro atoms. The van der Waals surface area contributed by atoms with E-state index in [1.54, 1.807) is 6.20 Å². The van der Waals surface area contributed by atoms with Crippen LogP contribution < -0.4 is 0 Å². The molecular formula is C30H20IrN2-2. The molecule has 2 heterocycles. The molecule has 0 bridgehead atoms. The molecule has 0 N–H and O–H groups in total. The zero-order valence-electron chi connectivity index (χ0n) is 17.8. The van der Waals surface area contributed by atoms with Crippen LogP contribution >= 0.6 is 0 Å². The molecule has 6 aromatic rings. The van der Waals surface area contributed by atoms with Gasteiger partial charge in [0.05, 0.1) is 0 Å². The topological polar surface area (TPSA) is 25.8 Å². The Kier molecular flexibility index (Phi) is 7.36. The van der Waals surface area contributed by atoms with Crippen LogP contribution in [0.1, 0.15) is 0 Å². The van der Waals surface area contributed by atoms with Crippen molar-refractivity contribution in [2.75, 3.05) is 0 Å². The Morgan fingerprint density at radius 2 is 1.18 bits per heavy atom. The van der Waals surface area contributed by atoms with Crippen molar-refractivity contribution in [3.63, 3.8) is 0 Å². The Hall–Kier alpha value is -3.65. The van der Waals surface area contributed by atoms with Crippen molar-refractivity contribution in [1.29, 1.82) is 0 Å². The van der Waals surface area contributed by atoms with Crippen LogP contribution in [-0.4, -0.2) is 9.97 Å². The number of hydrogen-bond acceptors (Lipinski definition) is 2. The third-order valence-corrected chi connectivity index (χ3v) is 5.26. The molecule has 3 heteroatoms. The summed E-state index contributed by atoms with van der Waals surface area (Å²) in [4.78, 5) is 8.77. The Morgan fingerprint density at radius 3 is 1.88 bits per heavy atom. The van der Waals surface area contributed by atoms with E-state index < -0.39 is 0 Å². The second-order valence-corrected chi connectivity index (χ2v) is 7.34. The maximum Gasteiger partial charge on any atom is 0.0239 e. The largest absolute Gasteiger partial charge is 0.305 e. The van der Waals surface area contributed by atoms with Gasteiger partial charge in [0.2, 0.25) is 0 Å². The number of benzene rings is 4. The van der Waals surface area contributed by atoms with Crippen LogP contribution in [0.25, 0.3) is 44.1 Å². The average Bonchev–Trinajstić information content (AvgIpc) is 2.90. The SMILES string of the molecule is [Ir].[c-]1ccccc1-c1cc2c(ccc3ccccc32)cn1.[c-]1ccccc1-c1ccccn1. The molecular weight excluding hydrogens is 581 g/mol. The molecule has 0 aliphatic heterocycles. The third-order valence-electron chi connectivity index (χ3n) is 5.26. The van der Waals surface area contributed by atoms with Gasteiger partial charge in [-0.2, -0.15) is 0 Å². The monoisotopic (exact) mass is 601 g/mol. The first-order chi connectivity index (χ1) is 15.9. The molecule has 0 amide bonds. The first-order valence-corrected chi connectivity index (χ1v) is 10.5. The molecule has 0 aliphatic carbocycles. The van der Waals surface area contributed by atoms with Crippen LogP contribution in [0.3, 0.4) is 0 Å².